The summed E-state index contributed by atoms with van der Waals surface area (Å²) in [5, 5.41) is 2.75. The molecule has 0 atom stereocenters. The van der Waals surface area contributed by atoms with Crippen LogP contribution in [0.2, 0.25) is 0 Å². The van der Waals surface area contributed by atoms with E-state index in [9.17, 15) is 14.4 Å². The van der Waals surface area contributed by atoms with Gasteiger partial charge in [0.15, 0.2) is 5.78 Å². The summed E-state index contributed by atoms with van der Waals surface area (Å²) in [6, 6.07) is 8.95. The topological polar surface area (TPSA) is 66.5 Å². The third kappa shape index (κ3) is 6.08. The molecular formula is C17H24N2O3. The first-order valence-electron chi connectivity index (χ1n) is 7.59. The Morgan fingerprint density at radius 2 is 1.73 bits per heavy atom. The molecule has 120 valence electrons. The van der Waals surface area contributed by atoms with Crippen LogP contribution in [0.15, 0.2) is 30.3 Å². The monoisotopic (exact) mass is 304 g/mol. The number of amides is 2. The quantitative estimate of drug-likeness (QED) is 0.747. The van der Waals surface area contributed by atoms with E-state index in [1.165, 1.54) is 4.90 Å². The minimum Gasteiger partial charge on any atom is -0.352 e. The van der Waals surface area contributed by atoms with E-state index in [0.717, 1.165) is 0 Å². The molecule has 0 radical (unpaired) electrons. The highest BCUT2D eigenvalue weighted by Crippen LogP contribution is 2.07. The molecule has 22 heavy (non-hydrogen) atoms. The zero-order valence-corrected chi connectivity index (χ0v) is 13.5. The number of likely N-dealkylation sites (N-methyl/N-ethyl adjacent to an activating group) is 1. The van der Waals surface area contributed by atoms with E-state index < -0.39 is 0 Å². The fourth-order valence-corrected chi connectivity index (χ4v) is 2.06. The molecule has 1 aromatic rings. The van der Waals surface area contributed by atoms with Crippen LogP contribution in [0, 0.1) is 0 Å². The van der Waals surface area contributed by atoms with E-state index in [4.69, 9.17) is 0 Å². The van der Waals surface area contributed by atoms with E-state index >= 15 is 0 Å². The van der Waals surface area contributed by atoms with E-state index in [1.54, 1.807) is 24.3 Å². The number of nitrogens with one attached hydrogen (secondary N) is 1. The van der Waals surface area contributed by atoms with Crippen molar-refractivity contribution in [3.8, 4) is 0 Å². The lowest BCUT2D eigenvalue weighted by molar-refractivity contribution is -0.136. The van der Waals surface area contributed by atoms with Gasteiger partial charge in [0.25, 0.3) is 0 Å². The van der Waals surface area contributed by atoms with Crippen molar-refractivity contribution in [3.63, 3.8) is 0 Å². The van der Waals surface area contributed by atoms with Gasteiger partial charge in [-0.25, -0.2) is 0 Å². The fourth-order valence-electron chi connectivity index (χ4n) is 2.06. The van der Waals surface area contributed by atoms with Crippen molar-refractivity contribution in [2.45, 2.75) is 39.7 Å². The highest BCUT2D eigenvalue weighted by molar-refractivity contribution is 5.98. The summed E-state index contributed by atoms with van der Waals surface area (Å²) >= 11 is 0. The molecule has 5 nitrogen and oxygen atoms in total. The minimum atomic E-state index is -0.181. The van der Waals surface area contributed by atoms with Gasteiger partial charge in [-0.3, -0.25) is 14.4 Å². The molecule has 0 bridgehead atoms. The van der Waals surface area contributed by atoms with Crippen molar-refractivity contribution in [3.05, 3.63) is 35.9 Å². The van der Waals surface area contributed by atoms with Crippen LogP contribution in [0.5, 0.6) is 0 Å². The van der Waals surface area contributed by atoms with Crippen molar-refractivity contribution in [2.75, 3.05) is 13.1 Å². The summed E-state index contributed by atoms with van der Waals surface area (Å²) in [5.41, 5.74) is 0.607. The third-order valence-corrected chi connectivity index (χ3v) is 3.18. The molecule has 0 saturated heterocycles. The number of hydrogen-bond acceptors (Lipinski definition) is 3. The maximum Gasteiger partial charge on any atom is 0.239 e. The molecular weight excluding hydrogens is 280 g/mol. The number of carbonyl (C=O) groups excluding carboxylic acids is 3. The van der Waals surface area contributed by atoms with Crippen molar-refractivity contribution < 1.29 is 14.4 Å². The standard InChI is InChI=1S/C17H24N2O3/c1-4-19(12-16(21)18-13(2)3)17(22)11-10-15(20)14-8-6-5-7-9-14/h5-9,13H,4,10-12H2,1-3H3,(H,18,21). The van der Waals surface area contributed by atoms with Crippen LogP contribution < -0.4 is 5.32 Å². The molecule has 0 saturated carbocycles. The molecule has 0 aliphatic rings. The molecule has 0 aliphatic heterocycles. The lowest BCUT2D eigenvalue weighted by Gasteiger charge is -2.21. The van der Waals surface area contributed by atoms with E-state index in [0.29, 0.717) is 12.1 Å². The SMILES string of the molecule is CCN(CC(=O)NC(C)C)C(=O)CCC(=O)c1ccccc1. The van der Waals surface area contributed by atoms with Gasteiger partial charge >= 0.3 is 0 Å². The molecule has 0 heterocycles. The zero-order valence-electron chi connectivity index (χ0n) is 13.5. The average Bonchev–Trinajstić information content (AvgIpc) is 2.50. The lowest BCUT2D eigenvalue weighted by Crippen LogP contribution is -2.42. The molecule has 0 spiro atoms. The van der Waals surface area contributed by atoms with Crippen LogP contribution in [0.4, 0.5) is 0 Å². The minimum absolute atomic E-state index is 0.0348. The Balaban J connectivity index is 2.48. The molecule has 1 N–H and O–H groups in total. The summed E-state index contributed by atoms with van der Waals surface area (Å²) in [6.45, 7) is 6.04. The zero-order chi connectivity index (χ0) is 16.5. The number of carbonyl (C=O) groups is 3. The smallest absolute Gasteiger partial charge is 0.239 e. The summed E-state index contributed by atoms with van der Waals surface area (Å²) in [4.78, 5) is 37.3. The Morgan fingerprint density at radius 1 is 1.09 bits per heavy atom. The van der Waals surface area contributed by atoms with Crippen LogP contribution in [0.3, 0.4) is 0 Å². The Bertz CT molecular complexity index is 512. The predicted octanol–water partition coefficient (Wildman–Crippen LogP) is 2.02. The second kappa shape index (κ2) is 8.97. The van der Waals surface area contributed by atoms with Gasteiger partial charge < -0.3 is 10.2 Å². The van der Waals surface area contributed by atoms with Gasteiger partial charge in [-0.2, -0.15) is 0 Å². The molecule has 2 amide bonds. The van der Waals surface area contributed by atoms with Crippen molar-refractivity contribution in [2.24, 2.45) is 0 Å². The molecule has 1 aromatic carbocycles. The summed E-state index contributed by atoms with van der Waals surface area (Å²) < 4.78 is 0. The van der Waals surface area contributed by atoms with Gasteiger partial charge in [-0.15, -0.1) is 0 Å². The van der Waals surface area contributed by atoms with Crippen LogP contribution in [0.25, 0.3) is 0 Å². The summed E-state index contributed by atoms with van der Waals surface area (Å²) in [5.74, 6) is -0.415. The number of benzene rings is 1. The second-order valence-electron chi connectivity index (χ2n) is 5.42. The molecule has 0 aromatic heterocycles. The van der Waals surface area contributed by atoms with Crippen molar-refractivity contribution in [1.29, 1.82) is 0 Å². The summed E-state index contributed by atoms with van der Waals surface area (Å²) in [7, 11) is 0. The van der Waals surface area contributed by atoms with Crippen LogP contribution in [-0.2, 0) is 9.59 Å². The number of hydrogen-bond donors (Lipinski definition) is 1. The average molecular weight is 304 g/mol. The predicted molar refractivity (Wildman–Crippen MR) is 85.5 cm³/mol. The Morgan fingerprint density at radius 3 is 2.27 bits per heavy atom. The van der Waals surface area contributed by atoms with Crippen molar-refractivity contribution in [1.82, 2.24) is 10.2 Å². The van der Waals surface area contributed by atoms with Gasteiger partial charge in [-0.1, -0.05) is 30.3 Å². The van der Waals surface area contributed by atoms with Gasteiger partial charge in [0.05, 0.1) is 6.54 Å². The first-order chi connectivity index (χ1) is 10.4. The van der Waals surface area contributed by atoms with Gasteiger partial charge in [0.1, 0.15) is 0 Å². The number of nitrogens with zero attached hydrogens (tertiary/aromatic N) is 1. The Kier molecular flexibility index (Phi) is 7.29. The molecule has 1 rings (SSSR count). The Hall–Kier alpha value is -2.17. The third-order valence-electron chi connectivity index (χ3n) is 3.18. The van der Waals surface area contributed by atoms with Crippen molar-refractivity contribution >= 4 is 17.6 Å². The van der Waals surface area contributed by atoms with Crippen LogP contribution in [0.1, 0.15) is 44.0 Å². The van der Waals surface area contributed by atoms with E-state index in [-0.39, 0.29) is 43.0 Å². The first-order valence-corrected chi connectivity index (χ1v) is 7.59. The maximum atomic E-state index is 12.1. The highest BCUT2D eigenvalue weighted by Gasteiger charge is 2.17. The first kappa shape index (κ1) is 17.9. The molecule has 5 heteroatoms. The van der Waals surface area contributed by atoms with Gasteiger partial charge in [0.2, 0.25) is 11.8 Å². The largest absolute Gasteiger partial charge is 0.352 e. The molecule has 0 unspecified atom stereocenters. The lowest BCUT2D eigenvalue weighted by atomic mass is 10.1. The van der Waals surface area contributed by atoms with Gasteiger partial charge in [-0.05, 0) is 20.8 Å². The normalized spacial score (nSPS) is 10.4. The van der Waals surface area contributed by atoms with Crippen LogP contribution in [-0.4, -0.2) is 41.6 Å². The fraction of sp³-hybridized carbons (Fsp3) is 0.471. The molecule has 0 fully saturated rings. The number of rotatable bonds is 8. The maximum absolute atomic E-state index is 12.1. The van der Waals surface area contributed by atoms with Crippen LogP contribution >= 0.6 is 0 Å². The number of Topliss-reactive ketones (excluding diaryl/α,β-unsaturated/α-hetero) is 1. The highest BCUT2D eigenvalue weighted by atomic mass is 16.2. The Labute approximate surface area is 131 Å². The van der Waals surface area contributed by atoms with Gasteiger partial charge in [0, 0.05) is 31.0 Å². The van der Waals surface area contributed by atoms with E-state index in [2.05, 4.69) is 5.32 Å². The second-order valence-corrected chi connectivity index (χ2v) is 5.42. The number of ketones is 1. The summed E-state index contributed by atoms with van der Waals surface area (Å²) in [6.07, 6.45) is 0.279. The van der Waals surface area contributed by atoms with E-state index in [1.807, 2.05) is 26.8 Å². The molecule has 0 aliphatic carbocycles.